The van der Waals surface area contributed by atoms with Gasteiger partial charge in [-0.25, -0.2) is 4.79 Å². The number of esters is 1. The van der Waals surface area contributed by atoms with Crippen molar-refractivity contribution in [1.82, 2.24) is 0 Å². The average molecular weight is 292 g/mol. The molecule has 2 rings (SSSR count). The van der Waals surface area contributed by atoms with Crippen LogP contribution in [0.1, 0.15) is 30.5 Å². The van der Waals surface area contributed by atoms with Crippen LogP contribution in [0.3, 0.4) is 0 Å². The van der Waals surface area contributed by atoms with Gasteiger partial charge in [-0.2, -0.15) is 0 Å². The Hall–Kier alpha value is -2.61. The molecule has 0 spiro atoms. The summed E-state index contributed by atoms with van der Waals surface area (Å²) in [6.07, 6.45) is 5.15. The highest BCUT2D eigenvalue weighted by molar-refractivity contribution is 5.88. The largest absolute Gasteiger partial charge is 0.423 e. The number of benzene rings is 2. The zero-order valence-electron chi connectivity index (χ0n) is 13.0. The van der Waals surface area contributed by atoms with Crippen molar-refractivity contribution < 1.29 is 9.53 Å². The molecule has 112 valence electrons. The van der Waals surface area contributed by atoms with Crippen LogP contribution in [0, 0.1) is 0 Å². The summed E-state index contributed by atoms with van der Waals surface area (Å²) < 4.78 is 5.16. The summed E-state index contributed by atoms with van der Waals surface area (Å²) in [6, 6.07) is 15.9. The van der Waals surface area contributed by atoms with Gasteiger partial charge in [-0.05, 0) is 42.2 Å². The van der Waals surface area contributed by atoms with Gasteiger partial charge in [0.25, 0.3) is 0 Å². The Morgan fingerprint density at radius 3 is 1.95 bits per heavy atom. The molecule has 0 atom stereocenters. The van der Waals surface area contributed by atoms with Gasteiger partial charge in [0.1, 0.15) is 5.75 Å². The Morgan fingerprint density at radius 1 is 1.00 bits per heavy atom. The fourth-order valence-electron chi connectivity index (χ4n) is 1.90. The predicted octanol–water partition coefficient (Wildman–Crippen LogP) is 4.90. The van der Waals surface area contributed by atoms with Gasteiger partial charge in [0.15, 0.2) is 0 Å². The maximum Gasteiger partial charge on any atom is 0.338 e. The Morgan fingerprint density at radius 2 is 1.50 bits per heavy atom. The van der Waals surface area contributed by atoms with E-state index in [4.69, 9.17) is 4.74 Å². The number of ether oxygens (including phenoxy) is 1. The van der Waals surface area contributed by atoms with Gasteiger partial charge in [-0.1, -0.05) is 62.1 Å². The predicted molar refractivity (Wildman–Crippen MR) is 91.6 cm³/mol. The first kappa shape index (κ1) is 15.8. The molecule has 0 bridgehead atoms. The van der Waals surface area contributed by atoms with E-state index in [9.17, 15) is 4.79 Å². The van der Waals surface area contributed by atoms with E-state index in [1.54, 1.807) is 19.1 Å². The minimum atomic E-state index is -0.403. The lowest BCUT2D eigenvalue weighted by molar-refractivity contribution is -0.130. The van der Waals surface area contributed by atoms with Crippen LogP contribution in [-0.2, 0) is 11.2 Å². The van der Waals surface area contributed by atoms with Gasteiger partial charge in [-0.3, -0.25) is 0 Å². The molecule has 2 heteroatoms. The number of rotatable bonds is 5. The van der Waals surface area contributed by atoms with E-state index in [1.165, 1.54) is 5.56 Å². The maximum atomic E-state index is 11.4. The van der Waals surface area contributed by atoms with Gasteiger partial charge in [0.05, 0.1) is 0 Å². The Kier molecular flexibility index (Phi) is 5.31. The molecule has 2 aromatic carbocycles. The molecular weight excluding hydrogens is 272 g/mol. The molecule has 22 heavy (non-hydrogen) atoms. The van der Waals surface area contributed by atoms with Crippen molar-refractivity contribution in [1.29, 1.82) is 0 Å². The average Bonchev–Trinajstić information content (AvgIpc) is 2.54. The van der Waals surface area contributed by atoms with E-state index in [0.717, 1.165) is 17.5 Å². The smallest absolute Gasteiger partial charge is 0.338 e. The Labute approximate surface area is 131 Å². The topological polar surface area (TPSA) is 26.3 Å². The first-order valence-electron chi connectivity index (χ1n) is 7.33. The third-order valence-corrected chi connectivity index (χ3v) is 3.30. The summed E-state index contributed by atoms with van der Waals surface area (Å²) in [4.78, 5) is 11.4. The molecule has 2 nitrogen and oxygen atoms in total. The quantitative estimate of drug-likeness (QED) is 0.339. The van der Waals surface area contributed by atoms with Crippen LogP contribution in [0.5, 0.6) is 5.75 Å². The van der Waals surface area contributed by atoms with Crippen molar-refractivity contribution in [3.8, 4) is 5.75 Å². The highest BCUT2D eigenvalue weighted by atomic mass is 16.5. The summed E-state index contributed by atoms with van der Waals surface area (Å²) in [6.45, 7) is 7.33. The van der Waals surface area contributed by atoms with E-state index in [-0.39, 0.29) is 0 Å². The van der Waals surface area contributed by atoms with Crippen molar-refractivity contribution in [3.05, 3.63) is 77.4 Å². The van der Waals surface area contributed by atoms with Crippen LogP contribution >= 0.6 is 0 Å². The molecule has 0 fully saturated rings. The van der Waals surface area contributed by atoms with E-state index in [1.807, 2.05) is 18.2 Å². The van der Waals surface area contributed by atoms with Gasteiger partial charge in [0, 0.05) is 5.57 Å². The fraction of sp³-hybridized carbons (Fsp3) is 0.150. The molecule has 0 N–H and O–H groups in total. The van der Waals surface area contributed by atoms with Gasteiger partial charge >= 0.3 is 5.97 Å². The van der Waals surface area contributed by atoms with E-state index < -0.39 is 5.97 Å². The Bertz CT molecular complexity index is 677. The molecule has 0 aliphatic rings. The second-order valence-electron chi connectivity index (χ2n) is 5.17. The lowest BCUT2D eigenvalue weighted by Crippen LogP contribution is -2.07. The lowest BCUT2D eigenvalue weighted by atomic mass is 10.1. The zero-order chi connectivity index (χ0) is 15.9. The monoisotopic (exact) mass is 292 g/mol. The van der Waals surface area contributed by atoms with Gasteiger partial charge in [0.2, 0.25) is 0 Å². The Balaban J connectivity index is 2.02. The van der Waals surface area contributed by atoms with Gasteiger partial charge in [-0.15, -0.1) is 0 Å². The minimum absolute atomic E-state index is 0.388. The molecule has 0 aliphatic carbocycles. The third kappa shape index (κ3) is 4.45. The van der Waals surface area contributed by atoms with Gasteiger partial charge < -0.3 is 4.74 Å². The summed E-state index contributed by atoms with van der Waals surface area (Å²) in [7, 11) is 0. The molecule has 0 saturated carbocycles. The van der Waals surface area contributed by atoms with Crippen LogP contribution in [0.15, 0.2) is 60.7 Å². The second-order valence-corrected chi connectivity index (χ2v) is 5.17. The standard InChI is InChI=1S/C20H20O2/c1-4-16-5-7-17(8-6-16)9-10-18-11-13-19(14-12-18)22-20(21)15(2)3/h5-14H,2,4H2,1,3H3. The molecule has 0 heterocycles. The van der Waals surface area contributed by atoms with Crippen LogP contribution in [0.25, 0.3) is 12.2 Å². The third-order valence-electron chi connectivity index (χ3n) is 3.30. The highest BCUT2D eigenvalue weighted by Gasteiger charge is 2.04. The number of hydrogen-bond acceptors (Lipinski definition) is 2. The van der Waals surface area contributed by atoms with E-state index in [0.29, 0.717) is 11.3 Å². The first-order chi connectivity index (χ1) is 10.6. The SMILES string of the molecule is C=C(C)C(=O)Oc1ccc(C=Cc2ccc(CC)cc2)cc1. The number of aryl methyl sites for hydroxylation is 1. The minimum Gasteiger partial charge on any atom is -0.423 e. The van der Waals surface area contributed by atoms with Crippen LogP contribution in [-0.4, -0.2) is 5.97 Å². The van der Waals surface area contributed by atoms with Crippen LogP contribution in [0.4, 0.5) is 0 Å². The fourth-order valence-corrected chi connectivity index (χ4v) is 1.90. The molecule has 0 unspecified atom stereocenters. The molecule has 0 radical (unpaired) electrons. The number of carbonyl (C=O) groups is 1. The normalized spacial score (nSPS) is 10.6. The lowest BCUT2D eigenvalue weighted by Gasteiger charge is -2.03. The van der Waals surface area contributed by atoms with Crippen LogP contribution in [0.2, 0.25) is 0 Å². The van der Waals surface area contributed by atoms with Crippen molar-refractivity contribution >= 4 is 18.1 Å². The first-order valence-corrected chi connectivity index (χ1v) is 7.33. The van der Waals surface area contributed by atoms with Crippen LogP contribution < -0.4 is 4.74 Å². The summed E-state index contributed by atoms with van der Waals surface area (Å²) in [5.41, 5.74) is 3.94. The molecule has 0 saturated heterocycles. The summed E-state index contributed by atoms with van der Waals surface area (Å²) >= 11 is 0. The zero-order valence-corrected chi connectivity index (χ0v) is 13.0. The molecule has 2 aromatic rings. The van der Waals surface area contributed by atoms with E-state index in [2.05, 4.69) is 43.8 Å². The molecule has 0 amide bonds. The maximum absolute atomic E-state index is 11.4. The van der Waals surface area contributed by atoms with Crippen molar-refractivity contribution in [2.45, 2.75) is 20.3 Å². The van der Waals surface area contributed by atoms with Crippen molar-refractivity contribution in [2.75, 3.05) is 0 Å². The molecule has 0 aromatic heterocycles. The second kappa shape index (κ2) is 7.41. The summed E-state index contributed by atoms with van der Waals surface area (Å²) in [5.74, 6) is 0.122. The van der Waals surface area contributed by atoms with Crippen molar-refractivity contribution in [2.24, 2.45) is 0 Å². The van der Waals surface area contributed by atoms with Crippen molar-refractivity contribution in [3.63, 3.8) is 0 Å². The molecule has 0 aliphatic heterocycles. The summed E-state index contributed by atoms with van der Waals surface area (Å²) in [5, 5.41) is 0. The van der Waals surface area contributed by atoms with E-state index >= 15 is 0 Å². The highest BCUT2D eigenvalue weighted by Crippen LogP contribution is 2.16. The number of carbonyl (C=O) groups excluding carboxylic acids is 1. The number of hydrogen-bond donors (Lipinski definition) is 0. The molecular formula is C20H20O2.